The van der Waals surface area contributed by atoms with Crippen molar-refractivity contribution in [3.8, 4) is 0 Å². The number of amides is 1. The van der Waals surface area contributed by atoms with Gasteiger partial charge >= 0.3 is 0 Å². The largest absolute Gasteiger partial charge is 0.345 e. The van der Waals surface area contributed by atoms with Crippen LogP contribution in [0.15, 0.2) is 24.5 Å². The van der Waals surface area contributed by atoms with Crippen molar-refractivity contribution in [1.82, 2.24) is 14.9 Å². The van der Waals surface area contributed by atoms with Crippen molar-refractivity contribution in [1.29, 1.82) is 0 Å². The first-order chi connectivity index (χ1) is 9.13. The monoisotopic (exact) mass is 258 g/mol. The number of benzene rings is 1. The van der Waals surface area contributed by atoms with Gasteiger partial charge in [-0.15, -0.1) is 0 Å². The predicted octanol–water partition coefficient (Wildman–Crippen LogP) is 1.26. The van der Waals surface area contributed by atoms with E-state index in [1.165, 1.54) is 0 Å². The summed E-state index contributed by atoms with van der Waals surface area (Å²) in [5.74, 6) is 0.322. The van der Waals surface area contributed by atoms with Gasteiger partial charge in [-0.1, -0.05) is 6.07 Å². The minimum atomic E-state index is 0.121. The van der Waals surface area contributed by atoms with E-state index in [-0.39, 0.29) is 17.9 Å². The Morgan fingerprint density at radius 2 is 2.32 bits per heavy atom. The topological polar surface area (TPSA) is 75.0 Å². The number of carbonyl (C=O) groups is 1. The Morgan fingerprint density at radius 1 is 1.53 bits per heavy atom. The molecule has 0 atom stereocenters. The van der Waals surface area contributed by atoms with Gasteiger partial charge in [0.2, 0.25) is 5.91 Å². The van der Waals surface area contributed by atoms with Crippen LogP contribution in [-0.4, -0.2) is 33.9 Å². The van der Waals surface area contributed by atoms with E-state index in [9.17, 15) is 4.79 Å². The maximum atomic E-state index is 12.1. The van der Waals surface area contributed by atoms with Gasteiger partial charge in [0.05, 0.1) is 17.4 Å². The van der Waals surface area contributed by atoms with Crippen molar-refractivity contribution in [3.05, 3.63) is 30.1 Å². The van der Waals surface area contributed by atoms with Gasteiger partial charge in [0.1, 0.15) is 0 Å². The van der Waals surface area contributed by atoms with Crippen LogP contribution in [0.1, 0.15) is 18.4 Å². The molecule has 0 aliphatic heterocycles. The van der Waals surface area contributed by atoms with Gasteiger partial charge < -0.3 is 15.6 Å². The second kappa shape index (κ2) is 4.66. The molecule has 1 amide bonds. The molecule has 100 valence electrons. The summed E-state index contributed by atoms with van der Waals surface area (Å²) in [6.45, 7) is 0.625. The summed E-state index contributed by atoms with van der Waals surface area (Å²) in [6, 6.07) is 6.24. The van der Waals surface area contributed by atoms with Gasteiger partial charge in [-0.3, -0.25) is 4.79 Å². The predicted molar refractivity (Wildman–Crippen MR) is 73.3 cm³/mol. The van der Waals surface area contributed by atoms with E-state index in [1.54, 1.807) is 11.2 Å². The molecule has 3 N–H and O–H groups in total. The summed E-state index contributed by atoms with van der Waals surface area (Å²) in [5.41, 5.74) is 8.79. The lowest BCUT2D eigenvalue weighted by Crippen LogP contribution is -2.45. The first-order valence-corrected chi connectivity index (χ1v) is 6.56. The molecule has 0 bridgehead atoms. The van der Waals surface area contributed by atoms with E-state index in [1.807, 2.05) is 25.2 Å². The van der Waals surface area contributed by atoms with Crippen LogP contribution < -0.4 is 5.73 Å². The molecule has 1 fully saturated rings. The van der Waals surface area contributed by atoms with Gasteiger partial charge in [0.15, 0.2) is 0 Å². The average Bonchev–Trinajstić information content (AvgIpc) is 2.81. The van der Waals surface area contributed by atoms with E-state index in [2.05, 4.69) is 9.97 Å². The lowest BCUT2D eigenvalue weighted by Gasteiger charge is -2.34. The molecule has 3 rings (SSSR count). The zero-order valence-electron chi connectivity index (χ0n) is 11.0. The SMILES string of the molecule is CN(Cc1ccc2nc[nH]c2c1)C(=O)C1CC(N)C1. The number of rotatable bonds is 3. The molecule has 5 nitrogen and oxygen atoms in total. The Kier molecular flexibility index (Phi) is 2.98. The van der Waals surface area contributed by atoms with Crippen LogP contribution in [0.3, 0.4) is 0 Å². The summed E-state index contributed by atoms with van der Waals surface area (Å²) in [7, 11) is 1.85. The van der Waals surface area contributed by atoms with Crippen molar-refractivity contribution in [3.63, 3.8) is 0 Å². The Hall–Kier alpha value is -1.88. The van der Waals surface area contributed by atoms with Crippen molar-refractivity contribution in [2.24, 2.45) is 11.7 Å². The molecule has 0 spiro atoms. The summed E-state index contributed by atoms with van der Waals surface area (Å²) in [6.07, 6.45) is 3.32. The molecule has 0 radical (unpaired) electrons. The molecular weight excluding hydrogens is 240 g/mol. The van der Waals surface area contributed by atoms with Crippen LogP contribution in [0.5, 0.6) is 0 Å². The maximum absolute atomic E-state index is 12.1. The zero-order valence-corrected chi connectivity index (χ0v) is 11.0. The quantitative estimate of drug-likeness (QED) is 0.870. The molecular formula is C14H18N4O. The highest BCUT2D eigenvalue weighted by Gasteiger charge is 2.33. The molecule has 19 heavy (non-hydrogen) atoms. The van der Waals surface area contributed by atoms with Crippen LogP contribution in [0.2, 0.25) is 0 Å². The Balaban J connectivity index is 1.68. The van der Waals surface area contributed by atoms with E-state index in [0.29, 0.717) is 6.54 Å². The van der Waals surface area contributed by atoms with Crippen LogP contribution in [0, 0.1) is 5.92 Å². The highest BCUT2D eigenvalue weighted by Crippen LogP contribution is 2.27. The van der Waals surface area contributed by atoms with Gasteiger partial charge in [-0.25, -0.2) is 4.98 Å². The van der Waals surface area contributed by atoms with E-state index >= 15 is 0 Å². The van der Waals surface area contributed by atoms with Gasteiger partial charge in [0.25, 0.3) is 0 Å². The van der Waals surface area contributed by atoms with Gasteiger partial charge in [-0.2, -0.15) is 0 Å². The zero-order chi connectivity index (χ0) is 13.4. The third kappa shape index (κ3) is 2.33. The van der Waals surface area contributed by atoms with Crippen molar-refractivity contribution in [2.75, 3.05) is 7.05 Å². The Labute approximate surface area is 111 Å². The first-order valence-electron chi connectivity index (χ1n) is 6.56. The van der Waals surface area contributed by atoms with Crippen molar-refractivity contribution >= 4 is 16.9 Å². The Morgan fingerprint density at radius 3 is 3.05 bits per heavy atom. The second-order valence-electron chi connectivity index (χ2n) is 5.38. The minimum absolute atomic E-state index is 0.121. The van der Waals surface area contributed by atoms with E-state index < -0.39 is 0 Å². The van der Waals surface area contributed by atoms with Crippen LogP contribution in [0.25, 0.3) is 11.0 Å². The van der Waals surface area contributed by atoms with Crippen LogP contribution in [0.4, 0.5) is 0 Å². The average molecular weight is 258 g/mol. The fraction of sp³-hybridized carbons (Fsp3) is 0.429. The highest BCUT2D eigenvalue weighted by molar-refractivity contribution is 5.80. The molecule has 0 unspecified atom stereocenters. The number of aromatic nitrogens is 2. The third-order valence-corrected chi connectivity index (χ3v) is 3.80. The van der Waals surface area contributed by atoms with Crippen LogP contribution in [-0.2, 0) is 11.3 Å². The summed E-state index contributed by atoms with van der Waals surface area (Å²) >= 11 is 0. The van der Waals surface area contributed by atoms with E-state index in [4.69, 9.17) is 5.73 Å². The van der Waals surface area contributed by atoms with Crippen molar-refractivity contribution in [2.45, 2.75) is 25.4 Å². The number of hydrogen-bond donors (Lipinski definition) is 2. The number of imidazole rings is 1. The normalized spacial score (nSPS) is 22.2. The second-order valence-corrected chi connectivity index (χ2v) is 5.38. The lowest BCUT2D eigenvalue weighted by molar-refractivity contribution is -0.137. The standard InChI is InChI=1S/C14H18N4O/c1-18(14(19)10-5-11(15)6-10)7-9-2-3-12-13(4-9)17-8-16-12/h2-4,8,10-11H,5-7,15H2,1H3,(H,16,17). The molecule has 1 aliphatic rings. The molecule has 1 heterocycles. The fourth-order valence-electron chi connectivity index (χ4n) is 2.61. The first kappa shape index (κ1) is 12.2. The lowest BCUT2D eigenvalue weighted by atomic mass is 9.80. The van der Waals surface area contributed by atoms with E-state index in [0.717, 1.165) is 29.4 Å². The van der Waals surface area contributed by atoms with Crippen molar-refractivity contribution < 1.29 is 4.79 Å². The highest BCUT2D eigenvalue weighted by atomic mass is 16.2. The van der Waals surface area contributed by atoms with Gasteiger partial charge in [-0.05, 0) is 30.5 Å². The maximum Gasteiger partial charge on any atom is 0.225 e. The molecule has 1 aliphatic carbocycles. The number of nitrogens with two attached hydrogens (primary N) is 1. The number of carbonyl (C=O) groups excluding carboxylic acids is 1. The third-order valence-electron chi connectivity index (χ3n) is 3.80. The Bertz CT molecular complexity index is 600. The minimum Gasteiger partial charge on any atom is -0.345 e. The number of H-pyrrole nitrogens is 1. The molecule has 1 aromatic carbocycles. The number of aromatic amines is 1. The summed E-state index contributed by atoms with van der Waals surface area (Å²) in [4.78, 5) is 21.2. The molecule has 5 heteroatoms. The van der Waals surface area contributed by atoms with Gasteiger partial charge in [0, 0.05) is 25.6 Å². The number of nitrogens with zero attached hydrogens (tertiary/aromatic N) is 2. The summed E-state index contributed by atoms with van der Waals surface area (Å²) < 4.78 is 0. The molecule has 1 aromatic heterocycles. The number of nitrogens with one attached hydrogen (secondary N) is 1. The molecule has 0 saturated heterocycles. The fourth-order valence-corrected chi connectivity index (χ4v) is 2.61. The van der Waals surface area contributed by atoms with Crippen LogP contribution >= 0.6 is 0 Å². The number of fused-ring (bicyclic) bond motifs is 1. The molecule has 2 aromatic rings. The molecule has 1 saturated carbocycles. The summed E-state index contributed by atoms with van der Waals surface area (Å²) in [5, 5.41) is 0. The smallest absolute Gasteiger partial charge is 0.225 e. The number of hydrogen-bond acceptors (Lipinski definition) is 3.